The normalized spacial score (nSPS) is 14.5. The second-order valence-corrected chi connectivity index (χ2v) is 6.13. The van der Waals surface area contributed by atoms with Crippen molar-refractivity contribution in [2.45, 2.75) is 19.3 Å². The monoisotopic (exact) mass is 346 g/mol. The summed E-state index contributed by atoms with van der Waals surface area (Å²) in [5, 5.41) is 0.560. The van der Waals surface area contributed by atoms with Gasteiger partial charge in [0.05, 0.1) is 12.8 Å². The summed E-state index contributed by atoms with van der Waals surface area (Å²) in [4.78, 5) is 22.7. The first-order chi connectivity index (χ1) is 11.6. The number of rotatable bonds is 4. The van der Waals surface area contributed by atoms with Gasteiger partial charge in [-0.3, -0.25) is 4.79 Å². The number of nitrogens with two attached hydrogens (primary N) is 1. The van der Waals surface area contributed by atoms with Gasteiger partial charge in [-0.1, -0.05) is 11.6 Å². The summed E-state index contributed by atoms with van der Waals surface area (Å²) in [6.45, 7) is 1.74. The van der Waals surface area contributed by atoms with Crippen LogP contribution in [-0.2, 0) is 0 Å². The average molecular weight is 347 g/mol. The van der Waals surface area contributed by atoms with Crippen LogP contribution in [0.4, 0.5) is 5.95 Å². The lowest BCUT2D eigenvalue weighted by Crippen LogP contribution is -2.31. The van der Waals surface area contributed by atoms with Crippen LogP contribution < -0.4 is 15.4 Å². The highest BCUT2D eigenvalue weighted by atomic mass is 35.5. The second-order valence-electron chi connectivity index (χ2n) is 5.69. The molecule has 0 unspecified atom stereocenters. The number of hydrogen-bond acceptors (Lipinski definition) is 5. The summed E-state index contributed by atoms with van der Waals surface area (Å²) in [5.74, 6) is 0.555. The molecule has 0 radical (unpaired) electrons. The first-order valence-corrected chi connectivity index (χ1v) is 8.24. The van der Waals surface area contributed by atoms with Crippen LogP contribution in [0, 0.1) is 0 Å². The van der Waals surface area contributed by atoms with Crippen molar-refractivity contribution >= 4 is 23.5 Å². The zero-order valence-electron chi connectivity index (χ0n) is 13.5. The number of aromatic nitrogens is 2. The molecule has 2 heterocycles. The molecule has 24 heavy (non-hydrogen) atoms. The SMILES string of the molecule is COc1ccc(Cl)cc1-c1cc(C(N)=O)nc(N2CCCCC2)n1. The molecular formula is C17H19ClN4O2. The lowest BCUT2D eigenvalue weighted by atomic mass is 10.1. The van der Waals surface area contributed by atoms with E-state index in [4.69, 9.17) is 22.1 Å². The summed E-state index contributed by atoms with van der Waals surface area (Å²) >= 11 is 6.11. The molecule has 0 saturated carbocycles. The van der Waals surface area contributed by atoms with Gasteiger partial charge in [0.2, 0.25) is 5.95 Å². The van der Waals surface area contributed by atoms with E-state index in [0.717, 1.165) is 25.9 Å². The summed E-state index contributed by atoms with van der Waals surface area (Å²) in [7, 11) is 1.58. The van der Waals surface area contributed by atoms with Crippen LogP contribution in [-0.4, -0.2) is 36.1 Å². The molecule has 1 aromatic heterocycles. The number of amides is 1. The average Bonchev–Trinajstić information content (AvgIpc) is 2.62. The highest BCUT2D eigenvalue weighted by Gasteiger charge is 2.19. The second kappa shape index (κ2) is 7.05. The minimum absolute atomic E-state index is 0.183. The van der Waals surface area contributed by atoms with E-state index in [1.165, 1.54) is 6.42 Å². The van der Waals surface area contributed by atoms with Gasteiger partial charge in [0.1, 0.15) is 11.4 Å². The number of methoxy groups -OCH3 is 1. The number of hydrogen-bond donors (Lipinski definition) is 1. The zero-order valence-corrected chi connectivity index (χ0v) is 14.2. The van der Waals surface area contributed by atoms with Crippen molar-refractivity contribution < 1.29 is 9.53 Å². The van der Waals surface area contributed by atoms with Gasteiger partial charge in [0.15, 0.2) is 0 Å². The maximum atomic E-state index is 11.7. The molecule has 0 bridgehead atoms. The van der Waals surface area contributed by atoms with E-state index < -0.39 is 5.91 Å². The Hall–Kier alpha value is -2.34. The van der Waals surface area contributed by atoms with Crippen LogP contribution >= 0.6 is 11.6 Å². The molecule has 1 aliphatic heterocycles. The zero-order chi connectivity index (χ0) is 17.1. The summed E-state index contributed by atoms with van der Waals surface area (Å²) in [5.41, 5.74) is 6.91. The van der Waals surface area contributed by atoms with Crippen molar-refractivity contribution in [2.75, 3.05) is 25.1 Å². The molecule has 3 rings (SSSR count). The standard InChI is InChI=1S/C17H19ClN4O2/c1-24-15-6-5-11(18)9-12(15)13-10-14(16(19)23)21-17(20-13)22-7-3-2-4-8-22/h5-6,9-10H,2-4,7-8H2,1H3,(H2,19,23). The first kappa shape index (κ1) is 16.5. The number of carbonyl (C=O) groups is 1. The number of halogens is 1. The molecule has 0 aliphatic carbocycles. The Kier molecular flexibility index (Phi) is 4.85. The Labute approximate surface area is 145 Å². The maximum Gasteiger partial charge on any atom is 0.267 e. The molecule has 2 aromatic rings. The van der Waals surface area contributed by atoms with Gasteiger partial charge in [-0.15, -0.1) is 0 Å². The summed E-state index contributed by atoms with van der Waals surface area (Å²) < 4.78 is 5.39. The van der Waals surface area contributed by atoms with E-state index in [1.54, 1.807) is 31.4 Å². The molecule has 6 nitrogen and oxygen atoms in total. The molecule has 1 amide bonds. The molecule has 1 fully saturated rings. The lowest BCUT2D eigenvalue weighted by Gasteiger charge is -2.27. The summed E-state index contributed by atoms with van der Waals surface area (Å²) in [6, 6.07) is 6.84. The third-order valence-corrected chi connectivity index (χ3v) is 4.28. The van der Waals surface area contributed by atoms with Crippen molar-refractivity contribution in [2.24, 2.45) is 5.73 Å². The molecule has 7 heteroatoms. The van der Waals surface area contributed by atoms with E-state index in [9.17, 15) is 4.79 Å². The van der Waals surface area contributed by atoms with Crippen molar-refractivity contribution in [1.29, 1.82) is 0 Å². The van der Waals surface area contributed by atoms with Crippen molar-refractivity contribution in [3.05, 3.63) is 35.0 Å². The topological polar surface area (TPSA) is 81.3 Å². The van der Waals surface area contributed by atoms with E-state index >= 15 is 0 Å². The highest BCUT2D eigenvalue weighted by molar-refractivity contribution is 6.31. The van der Waals surface area contributed by atoms with Crippen molar-refractivity contribution in [1.82, 2.24) is 9.97 Å². The van der Waals surface area contributed by atoms with Gasteiger partial charge in [-0.05, 0) is 43.5 Å². The van der Waals surface area contributed by atoms with Crippen LogP contribution in [0.1, 0.15) is 29.8 Å². The number of carbonyl (C=O) groups excluding carboxylic acids is 1. The fraction of sp³-hybridized carbons (Fsp3) is 0.353. The van der Waals surface area contributed by atoms with Crippen LogP contribution in [0.3, 0.4) is 0 Å². The quantitative estimate of drug-likeness (QED) is 0.920. The number of benzene rings is 1. The van der Waals surface area contributed by atoms with E-state index in [-0.39, 0.29) is 5.69 Å². The molecule has 1 aliphatic rings. The number of primary amides is 1. The van der Waals surface area contributed by atoms with Crippen LogP contribution in [0.5, 0.6) is 5.75 Å². The smallest absolute Gasteiger partial charge is 0.267 e. The Morgan fingerprint density at radius 2 is 1.96 bits per heavy atom. The predicted molar refractivity (Wildman–Crippen MR) is 93.6 cm³/mol. The number of nitrogens with zero attached hydrogens (tertiary/aromatic N) is 3. The van der Waals surface area contributed by atoms with E-state index in [2.05, 4.69) is 14.9 Å². The Morgan fingerprint density at radius 1 is 1.21 bits per heavy atom. The summed E-state index contributed by atoms with van der Waals surface area (Å²) in [6.07, 6.45) is 3.36. The molecule has 2 N–H and O–H groups in total. The van der Waals surface area contributed by atoms with Gasteiger partial charge in [-0.25, -0.2) is 9.97 Å². The molecule has 1 saturated heterocycles. The van der Waals surface area contributed by atoms with Gasteiger partial charge in [0, 0.05) is 23.7 Å². The van der Waals surface area contributed by atoms with E-state index in [0.29, 0.717) is 28.0 Å². The highest BCUT2D eigenvalue weighted by Crippen LogP contribution is 2.32. The van der Waals surface area contributed by atoms with Crippen molar-refractivity contribution in [3.8, 4) is 17.0 Å². The lowest BCUT2D eigenvalue weighted by molar-refractivity contribution is 0.0995. The fourth-order valence-corrected chi connectivity index (χ4v) is 2.99. The first-order valence-electron chi connectivity index (χ1n) is 7.86. The third kappa shape index (κ3) is 3.43. The Morgan fingerprint density at radius 3 is 2.62 bits per heavy atom. The van der Waals surface area contributed by atoms with Gasteiger partial charge >= 0.3 is 0 Å². The van der Waals surface area contributed by atoms with Gasteiger partial charge in [0.25, 0.3) is 5.91 Å². The Bertz CT molecular complexity index is 760. The molecule has 0 spiro atoms. The molecule has 1 aromatic carbocycles. The van der Waals surface area contributed by atoms with Gasteiger partial charge in [-0.2, -0.15) is 0 Å². The maximum absolute atomic E-state index is 11.7. The van der Waals surface area contributed by atoms with Crippen LogP contribution in [0.25, 0.3) is 11.3 Å². The molecular weight excluding hydrogens is 328 g/mol. The number of anilines is 1. The van der Waals surface area contributed by atoms with Crippen LogP contribution in [0.2, 0.25) is 5.02 Å². The predicted octanol–water partition coefficient (Wildman–Crippen LogP) is 2.89. The molecule has 126 valence electrons. The minimum atomic E-state index is -0.585. The number of ether oxygens (including phenoxy) is 1. The molecule has 0 atom stereocenters. The van der Waals surface area contributed by atoms with Gasteiger partial charge < -0.3 is 15.4 Å². The van der Waals surface area contributed by atoms with Crippen LogP contribution in [0.15, 0.2) is 24.3 Å². The van der Waals surface area contributed by atoms with E-state index in [1.807, 2.05) is 0 Å². The fourth-order valence-electron chi connectivity index (χ4n) is 2.81. The minimum Gasteiger partial charge on any atom is -0.496 e. The largest absolute Gasteiger partial charge is 0.496 e. The third-order valence-electron chi connectivity index (χ3n) is 4.04. The number of piperidine rings is 1. The van der Waals surface area contributed by atoms with Crippen molar-refractivity contribution in [3.63, 3.8) is 0 Å². The Balaban J connectivity index is 2.11.